The maximum absolute atomic E-state index is 12.1. The molecule has 146 valence electrons. The van der Waals surface area contributed by atoms with Crippen molar-refractivity contribution in [2.45, 2.75) is 30.5 Å². The van der Waals surface area contributed by atoms with Gasteiger partial charge in [-0.05, 0) is 6.42 Å². The predicted octanol–water partition coefficient (Wildman–Crippen LogP) is 1.23. The second-order valence-corrected chi connectivity index (χ2v) is 8.13. The van der Waals surface area contributed by atoms with Crippen LogP contribution >= 0.6 is 23.1 Å². The molecule has 0 unspecified atom stereocenters. The third kappa shape index (κ3) is 6.73. The Morgan fingerprint density at radius 2 is 2.04 bits per heavy atom. The van der Waals surface area contributed by atoms with E-state index in [0.29, 0.717) is 25.3 Å². The summed E-state index contributed by atoms with van der Waals surface area (Å²) in [5.41, 5.74) is 0. The number of ether oxygens (including phenoxy) is 1. The van der Waals surface area contributed by atoms with Crippen LogP contribution in [0.2, 0.25) is 0 Å². The minimum absolute atomic E-state index is 0.0389. The first kappa shape index (κ1) is 20.9. The number of hydrogen-bond acceptors (Lipinski definition) is 8. The quantitative estimate of drug-likeness (QED) is 0.466. The Balaban J connectivity index is 1.73. The fraction of sp³-hybridized carbons (Fsp3) is 0.750. The van der Waals surface area contributed by atoms with Crippen molar-refractivity contribution < 1.29 is 14.3 Å². The molecule has 1 aliphatic heterocycles. The molecular formula is C16H27N5O3S2. The van der Waals surface area contributed by atoms with Gasteiger partial charge in [-0.15, -0.1) is 10.2 Å². The average Bonchev–Trinajstić information content (AvgIpc) is 3.14. The number of rotatable bonds is 10. The van der Waals surface area contributed by atoms with Crippen molar-refractivity contribution in [1.29, 1.82) is 0 Å². The number of anilines is 1. The van der Waals surface area contributed by atoms with Crippen LogP contribution in [-0.4, -0.2) is 79.1 Å². The molecule has 8 nitrogen and oxygen atoms in total. The van der Waals surface area contributed by atoms with Crippen molar-refractivity contribution in [2.75, 3.05) is 57.1 Å². The van der Waals surface area contributed by atoms with E-state index >= 15 is 0 Å². The molecule has 1 fully saturated rings. The highest BCUT2D eigenvalue weighted by Gasteiger charge is 2.23. The Hall–Kier alpha value is -1.39. The molecule has 2 rings (SSSR count). The molecule has 0 bridgehead atoms. The Morgan fingerprint density at radius 1 is 1.27 bits per heavy atom. The van der Waals surface area contributed by atoms with Gasteiger partial charge in [-0.2, -0.15) is 0 Å². The highest BCUT2D eigenvalue weighted by Crippen LogP contribution is 2.28. The molecule has 0 spiro atoms. The van der Waals surface area contributed by atoms with E-state index in [-0.39, 0.29) is 11.8 Å². The zero-order chi connectivity index (χ0) is 18.8. The number of nitrogens with zero attached hydrogens (tertiary/aromatic N) is 4. The number of methoxy groups -OCH3 is 1. The number of piperazine rings is 1. The predicted molar refractivity (Wildman–Crippen MR) is 104 cm³/mol. The first-order chi connectivity index (χ1) is 12.6. The Bertz CT molecular complexity index is 576. The van der Waals surface area contributed by atoms with Crippen molar-refractivity contribution in [3.63, 3.8) is 0 Å². The molecule has 2 heterocycles. The van der Waals surface area contributed by atoms with Crippen LogP contribution in [-0.2, 0) is 14.3 Å². The minimum Gasteiger partial charge on any atom is -0.383 e. The molecule has 1 N–H and O–H groups in total. The lowest BCUT2D eigenvalue weighted by molar-refractivity contribution is -0.131. The van der Waals surface area contributed by atoms with E-state index in [1.165, 1.54) is 23.1 Å². The van der Waals surface area contributed by atoms with E-state index in [9.17, 15) is 9.59 Å². The maximum atomic E-state index is 12.1. The van der Waals surface area contributed by atoms with Crippen molar-refractivity contribution >= 4 is 40.0 Å². The SMILES string of the molecule is CCCCC(=O)N1CCN(c2nnc(SCC(=O)NCCOC)s2)CC1. The molecule has 2 amide bonds. The first-order valence-corrected chi connectivity index (χ1v) is 10.7. The van der Waals surface area contributed by atoms with Crippen molar-refractivity contribution in [2.24, 2.45) is 0 Å². The molecular weight excluding hydrogens is 374 g/mol. The number of aromatic nitrogens is 2. The van der Waals surface area contributed by atoms with Crippen molar-refractivity contribution in [1.82, 2.24) is 20.4 Å². The van der Waals surface area contributed by atoms with Gasteiger partial charge < -0.3 is 19.9 Å². The van der Waals surface area contributed by atoms with Gasteiger partial charge in [0.1, 0.15) is 0 Å². The van der Waals surface area contributed by atoms with Gasteiger partial charge in [-0.1, -0.05) is 36.4 Å². The van der Waals surface area contributed by atoms with Crippen LogP contribution in [0.15, 0.2) is 4.34 Å². The third-order valence-corrected chi connectivity index (χ3v) is 6.12. The number of carbonyl (C=O) groups is 2. The van der Waals surface area contributed by atoms with E-state index in [4.69, 9.17) is 4.74 Å². The van der Waals surface area contributed by atoms with Crippen LogP contribution in [0.4, 0.5) is 5.13 Å². The second kappa shape index (κ2) is 11.3. The Morgan fingerprint density at radius 3 is 2.73 bits per heavy atom. The second-order valence-electron chi connectivity index (χ2n) is 5.95. The molecule has 1 saturated heterocycles. The molecule has 26 heavy (non-hydrogen) atoms. The zero-order valence-corrected chi connectivity index (χ0v) is 17.0. The molecule has 0 radical (unpaired) electrons. The number of amides is 2. The summed E-state index contributed by atoms with van der Waals surface area (Å²) in [6.45, 7) is 6.12. The lowest BCUT2D eigenvalue weighted by atomic mass is 10.2. The number of hydrogen-bond donors (Lipinski definition) is 1. The summed E-state index contributed by atoms with van der Waals surface area (Å²) in [4.78, 5) is 27.9. The number of carbonyl (C=O) groups excluding carboxylic acids is 2. The molecule has 10 heteroatoms. The standard InChI is InChI=1S/C16H27N5O3S2/c1-3-4-5-14(23)20-7-9-21(10-8-20)15-18-19-16(26-15)25-12-13(22)17-6-11-24-2/h3-12H2,1-2H3,(H,17,22). The summed E-state index contributed by atoms with van der Waals surface area (Å²) >= 11 is 2.88. The normalized spacial score (nSPS) is 14.5. The van der Waals surface area contributed by atoms with Gasteiger partial charge in [-0.25, -0.2) is 0 Å². The Labute approximate surface area is 162 Å². The summed E-state index contributed by atoms with van der Waals surface area (Å²) in [7, 11) is 1.60. The van der Waals surface area contributed by atoms with Crippen molar-refractivity contribution in [3.05, 3.63) is 0 Å². The first-order valence-electron chi connectivity index (χ1n) is 8.88. The van der Waals surface area contributed by atoms with Gasteiger partial charge in [0.2, 0.25) is 16.9 Å². The maximum Gasteiger partial charge on any atom is 0.230 e. The summed E-state index contributed by atoms with van der Waals surface area (Å²) in [6.07, 6.45) is 2.64. The monoisotopic (exact) mass is 401 g/mol. The molecule has 1 aromatic heterocycles. The van der Waals surface area contributed by atoms with Gasteiger partial charge in [0.05, 0.1) is 12.4 Å². The minimum atomic E-state index is -0.0389. The smallest absolute Gasteiger partial charge is 0.230 e. The van der Waals surface area contributed by atoms with Gasteiger partial charge in [0.15, 0.2) is 4.34 Å². The van der Waals surface area contributed by atoms with Gasteiger partial charge in [0, 0.05) is 46.3 Å². The summed E-state index contributed by atoms with van der Waals surface area (Å²) in [5, 5.41) is 12.0. The summed E-state index contributed by atoms with van der Waals surface area (Å²) in [5.74, 6) is 0.528. The molecule has 0 saturated carbocycles. The molecule has 0 aromatic carbocycles. The van der Waals surface area contributed by atoms with Gasteiger partial charge >= 0.3 is 0 Å². The summed E-state index contributed by atoms with van der Waals surface area (Å²) < 4.78 is 5.68. The molecule has 0 atom stereocenters. The Kier molecular flexibility index (Phi) is 9.13. The highest BCUT2D eigenvalue weighted by atomic mass is 32.2. The fourth-order valence-electron chi connectivity index (χ4n) is 2.49. The van der Waals surface area contributed by atoms with Gasteiger partial charge in [0.25, 0.3) is 0 Å². The van der Waals surface area contributed by atoms with E-state index in [2.05, 4.69) is 27.3 Å². The van der Waals surface area contributed by atoms with E-state index in [1.807, 2.05) is 4.90 Å². The molecule has 1 aromatic rings. The lowest BCUT2D eigenvalue weighted by Gasteiger charge is -2.34. The van der Waals surface area contributed by atoms with Crippen molar-refractivity contribution in [3.8, 4) is 0 Å². The average molecular weight is 402 g/mol. The number of unbranched alkanes of at least 4 members (excludes halogenated alkanes) is 1. The lowest BCUT2D eigenvalue weighted by Crippen LogP contribution is -2.48. The molecule has 0 aliphatic carbocycles. The number of thioether (sulfide) groups is 1. The van der Waals surface area contributed by atoms with Crippen LogP contribution in [0.5, 0.6) is 0 Å². The van der Waals surface area contributed by atoms with E-state index < -0.39 is 0 Å². The molecule has 1 aliphatic rings. The third-order valence-electron chi connectivity index (χ3n) is 4.00. The van der Waals surface area contributed by atoms with Crippen LogP contribution in [0.25, 0.3) is 0 Å². The van der Waals surface area contributed by atoms with E-state index in [1.54, 1.807) is 7.11 Å². The summed E-state index contributed by atoms with van der Waals surface area (Å²) in [6, 6.07) is 0. The zero-order valence-electron chi connectivity index (χ0n) is 15.4. The van der Waals surface area contributed by atoms with Crippen LogP contribution in [0, 0.1) is 0 Å². The van der Waals surface area contributed by atoms with E-state index in [0.717, 1.165) is 48.5 Å². The fourth-order valence-corrected chi connectivity index (χ4v) is 4.22. The van der Waals surface area contributed by atoms with Crippen LogP contribution in [0.1, 0.15) is 26.2 Å². The van der Waals surface area contributed by atoms with Crippen LogP contribution < -0.4 is 10.2 Å². The number of nitrogens with one attached hydrogen (secondary N) is 1. The topological polar surface area (TPSA) is 87.7 Å². The highest BCUT2D eigenvalue weighted by molar-refractivity contribution is 8.01. The van der Waals surface area contributed by atoms with Crippen LogP contribution in [0.3, 0.4) is 0 Å². The largest absolute Gasteiger partial charge is 0.383 e. The van der Waals surface area contributed by atoms with Gasteiger partial charge in [-0.3, -0.25) is 9.59 Å².